The molecule has 2 atom stereocenters. The minimum absolute atomic E-state index is 0.0382. The molecule has 0 aromatic carbocycles. The highest BCUT2D eigenvalue weighted by Crippen LogP contribution is 2.28. The summed E-state index contributed by atoms with van der Waals surface area (Å²) in [6.45, 7) is 8.26. The summed E-state index contributed by atoms with van der Waals surface area (Å²) in [7, 11) is 0. The zero-order chi connectivity index (χ0) is 21.4. The maximum absolute atomic E-state index is 13.1. The average Bonchev–Trinajstić information content (AvgIpc) is 3.22. The molecule has 30 heavy (non-hydrogen) atoms. The molecule has 8 nitrogen and oxygen atoms in total. The van der Waals surface area contributed by atoms with Crippen LogP contribution in [-0.2, 0) is 22.6 Å². The van der Waals surface area contributed by atoms with E-state index in [2.05, 4.69) is 5.10 Å². The largest absolute Gasteiger partial charge is 0.342 e. The average molecular weight is 414 g/mol. The van der Waals surface area contributed by atoms with E-state index in [4.69, 9.17) is 4.98 Å². The number of amides is 2. The highest BCUT2D eigenvalue weighted by molar-refractivity contribution is 5.78. The van der Waals surface area contributed by atoms with E-state index in [1.54, 1.807) is 4.90 Å². The van der Waals surface area contributed by atoms with E-state index < -0.39 is 0 Å². The summed E-state index contributed by atoms with van der Waals surface area (Å²) in [6, 6.07) is 1.95. The van der Waals surface area contributed by atoms with Crippen molar-refractivity contribution in [3.05, 3.63) is 33.4 Å². The molecule has 2 aromatic heterocycles. The summed E-state index contributed by atoms with van der Waals surface area (Å²) >= 11 is 0. The number of nitrogens with zero attached hydrogens (tertiary/aromatic N) is 4. The fourth-order valence-corrected chi connectivity index (χ4v) is 4.56. The Morgan fingerprint density at radius 2 is 2.07 bits per heavy atom. The molecule has 1 N–H and O–H groups in total. The summed E-state index contributed by atoms with van der Waals surface area (Å²) in [4.78, 5) is 46.2. The number of likely N-dealkylation sites (tertiary alicyclic amines) is 1. The number of carbonyl (C=O) groups excluding carboxylic acids is 2. The van der Waals surface area contributed by atoms with Crippen molar-refractivity contribution < 1.29 is 9.59 Å². The van der Waals surface area contributed by atoms with E-state index in [9.17, 15) is 14.4 Å². The molecule has 0 bridgehead atoms. The standard InChI is InChI=1S/C22H31N5O3/c1-4-14(3)21(29)26-9-6-7-15(12-26)18-11-19-23-17-8-10-25(20(28)5-2)13-16(17)22(30)27(19)24-18/h11,14-15,24H,4-10,12-13H2,1-3H3/t14-,15+/m0/s1. The highest BCUT2D eigenvalue weighted by atomic mass is 16.2. The number of fused-ring (bicyclic) bond motifs is 2. The fourth-order valence-electron chi connectivity index (χ4n) is 4.56. The topological polar surface area (TPSA) is 90.8 Å². The highest BCUT2D eigenvalue weighted by Gasteiger charge is 2.29. The molecule has 2 aromatic rings. The van der Waals surface area contributed by atoms with Gasteiger partial charge in [0.2, 0.25) is 11.8 Å². The van der Waals surface area contributed by atoms with Gasteiger partial charge in [0.05, 0.1) is 17.8 Å². The quantitative estimate of drug-likeness (QED) is 0.831. The van der Waals surface area contributed by atoms with Gasteiger partial charge in [-0.2, -0.15) is 0 Å². The van der Waals surface area contributed by atoms with Crippen LogP contribution in [0.4, 0.5) is 0 Å². The Labute approximate surface area is 176 Å². The van der Waals surface area contributed by atoms with Gasteiger partial charge < -0.3 is 9.80 Å². The molecule has 2 amide bonds. The minimum atomic E-state index is -0.127. The molecule has 1 fully saturated rings. The van der Waals surface area contributed by atoms with Gasteiger partial charge in [-0.3, -0.25) is 19.5 Å². The van der Waals surface area contributed by atoms with Gasteiger partial charge in [0.25, 0.3) is 5.56 Å². The van der Waals surface area contributed by atoms with Crippen LogP contribution in [0.5, 0.6) is 0 Å². The maximum Gasteiger partial charge on any atom is 0.277 e. The number of aromatic amines is 1. The van der Waals surface area contributed by atoms with Crippen molar-refractivity contribution in [1.82, 2.24) is 24.4 Å². The molecule has 0 unspecified atom stereocenters. The Morgan fingerprint density at radius 1 is 1.27 bits per heavy atom. The van der Waals surface area contributed by atoms with Crippen LogP contribution in [0.25, 0.3) is 5.65 Å². The zero-order valence-corrected chi connectivity index (χ0v) is 18.1. The van der Waals surface area contributed by atoms with Crippen LogP contribution in [-0.4, -0.2) is 55.8 Å². The molecular formula is C22H31N5O3. The predicted molar refractivity (Wildman–Crippen MR) is 113 cm³/mol. The number of nitrogens with one attached hydrogen (secondary N) is 1. The molecule has 0 saturated carbocycles. The van der Waals surface area contributed by atoms with Crippen molar-refractivity contribution in [2.75, 3.05) is 19.6 Å². The maximum atomic E-state index is 13.1. The minimum Gasteiger partial charge on any atom is -0.342 e. The number of piperidine rings is 1. The van der Waals surface area contributed by atoms with Gasteiger partial charge in [-0.15, -0.1) is 0 Å². The third-order valence-electron chi connectivity index (χ3n) is 6.64. The number of rotatable bonds is 4. The van der Waals surface area contributed by atoms with Crippen molar-refractivity contribution in [2.24, 2.45) is 5.92 Å². The summed E-state index contributed by atoms with van der Waals surface area (Å²) in [6.07, 6.45) is 3.81. The Morgan fingerprint density at radius 3 is 2.80 bits per heavy atom. The molecule has 162 valence electrons. The van der Waals surface area contributed by atoms with Crippen LogP contribution in [0, 0.1) is 5.92 Å². The second-order valence-corrected chi connectivity index (χ2v) is 8.60. The van der Waals surface area contributed by atoms with Crippen molar-refractivity contribution in [3.8, 4) is 0 Å². The Bertz CT molecular complexity index is 1020. The van der Waals surface area contributed by atoms with E-state index in [0.717, 1.165) is 37.2 Å². The first-order valence-electron chi connectivity index (χ1n) is 11.1. The number of hydrogen-bond donors (Lipinski definition) is 1. The predicted octanol–water partition coefficient (Wildman–Crippen LogP) is 2.07. The molecule has 0 aliphatic carbocycles. The molecule has 8 heteroatoms. The van der Waals surface area contributed by atoms with Crippen LogP contribution in [0.3, 0.4) is 0 Å². The second-order valence-electron chi connectivity index (χ2n) is 8.60. The SMILES string of the molecule is CCC(=O)N1CCc2nc3cc([C@@H]4CCCN(C(=O)[C@@H](C)CC)C4)[nH]n3c(=O)c2C1. The number of H-pyrrole nitrogens is 1. The Hall–Kier alpha value is -2.64. The number of carbonyl (C=O) groups is 2. The first-order valence-corrected chi connectivity index (χ1v) is 11.1. The Kier molecular flexibility index (Phi) is 5.66. The van der Waals surface area contributed by atoms with Crippen molar-refractivity contribution >= 4 is 17.5 Å². The van der Waals surface area contributed by atoms with Gasteiger partial charge in [-0.05, 0) is 19.3 Å². The lowest BCUT2D eigenvalue weighted by atomic mass is 9.93. The molecule has 2 aliphatic rings. The van der Waals surface area contributed by atoms with Crippen LogP contribution in [0.15, 0.2) is 10.9 Å². The van der Waals surface area contributed by atoms with Crippen LogP contribution in [0.1, 0.15) is 69.3 Å². The van der Waals surface area contributed by atoms with Crippen LogP contribution < -0.4 is 5.56 Å². The summed E-state index contributed by atoms with van der Waals surface area (Å²) in [5.41, 5.74) is 2.84. The molecular weight excluding hydrogens is 382 g/mol. The van der Waals surface area contributed by atoms with E-state index >= 15 is 0 Å². The van der Waals surface area contributed by atoms with Gasteiger partial charge >= 0.3 is 0 Å². The third kappa shape index (κ3) is 3.63. The lowest BCUT2D eigenvalue weighted by Gasteiger charge is -2.33. The number of aromatic nitrogens is 3. The van der Waals surface area contributed by atoms with Crippen molar-refractivity contribution in [3.63, 3.8) is 0 Å². The molecule has 4 rings (SSSR count). The van der Waals surface area contributed by atoms with Gasteiger partial charge in [0.15, 0.2) is 5.65 Å². The van der Waals surface area contributed by atoms with Gasteiger partial charge in [0.1, 0.15) is 0 Å². The number of hydrogen-bond acceptors (Lipinski definition) is 4. The first kappa shape index (κ1) is 20.6. The lowest BCUT2D eigenvalue weighted by Crippen LogP contribution is -2.41. The molecule has 1 saturated heterocycles. The summed E-state index contributed by atoms with van der Waals surface area (Å²) in [5.74, 6) is 0.481. The van der Waals surface area contributed by atoms with Gasteiger partial charge in [-0.1, -0.05) is 20.8 Å². The van der Waals surface area contributed by atoms with E-state index in [-0.39, 0.29) is 29.2 Å². The summed E-state index contributed by atoms with van der Waals surface area (Å²) < 4.78 is 1.50. The zero-order valence-electron chi connectivity index (χ0n) is 18.1. The monoisotopic (exact) mass is 413 g/mol. The van der Waals surface area contributed by atoms with E-state index in [1.165, 1.54) is 4.52 Å². The van der Waals surface area contributed by atoms with E-state index in [0.29, 0.717) is 43.7 Å². The Balaban J connectivity index is 1.61. The van der Waals surface area contributed by atoms with Crippen LogP contribution >= 0.6 is 0 Å². The molecule has 2 aliphatic heterocycles. The first-order chi connectivity index (χ1) is 14.4. The van der Waals surface area contributed by atoms with E-state index in [1.807, 2.05) is 31.7 Å². The van der Waals surface area contributed by atoms with Gasteiger partial charge in [-0.25, -0.2) is 9.50 Å². The third-order valence-corrected chi connectivity index (χ3v) is 6.64. The molecule has 0 radical (unpaired) electrons. The smallest absolute Gasteiger partial charge is 0.277 e. The van der Waals surface area contributed by atoms with Crippen molar-refractivity contribution in [2.45, 2.75) is 65.3 Å². The normalized spacial score (nSPS) is 20.3. The van der Waals surface area contributed by atoms with Gasteiger partial charge in [0, 0.05) is 56.1 Å². The fraction of sp³-hybridized carbons (Fsp3) is 0.636. The van der Waals surface area contributed by atoms with Crippen LogP contribution in [0.2, 0.25) is 0 Å². The molecule has 4 heterocycles. The molecule has 0 spiro atoms. The second kappa shape index (κ2) is 8.24. The lowest BCUT2D eigenvalue weighted by molar-refractivity contribution is -0.136. The van der Waals surface area contributed by atoms with Crippen molar-refractivity contribution in [1.29, 1.82) is 0 Å². The summed E-state index contributed by atoms with van der Waals surface area (Å²) in [5, 5.41) is 3.24.